The minimum atomic E-state index is -0.279. The van der Waals surface area contributed by atoms with E-state index in [0.717, 1.165) is 25.0 Å². The molecule has 2 N–H and O–H groups in total. The molecule has 1 aliphatic carbocycles. The van der Waals surface area contributed by atoms with E-state index in [2.05, 4.69) is 26.1 Å². The van der Waals surface area contributed by atoms with Gasteiger partial charge < -0.3 is 19.7 Å². The lowest BCUT2D eigenvalue weighted by atomic mass is 9.85. The van der Waals surface area contributed by atoms with Crippen LogP contribution in [0.2, 0.25) is 0 Å². The highest BCUT2D eigenvalue weighted by Gasteiger charge is 2.32. The lowest BCUT2D eigenvalue weighted by molar-refractivity contribution is 0.111. The quantitative estimate of drug-likeness (QED) is 0.898. The van der Waals surface area contributed by atoms with Crippen molar-refractivity contribution in [2.75, 3.05) is 13.6 Å². The monoisotopic (exact) mass is 308 g/mol. The first-order chi connectivity index (χ1) is 10.3. The van der Waals surface area contributed by atoms with Crippen LogP contribution in [0.1, 0.15) is 51.8 Å². The molecule has 0 spiro atoms. The van der Waals surface area contributed by atoms with Crippen molar-refractivity contribution >= 4 is 6.03 Å². The Labute approximate surface area is 132 Å². The molecule has 3 unspecified atom stereocenters. The first-order valence-electron chi connectivity index (χ1n) is 8.02. The van der Waals surface area contributed by atoms with Crippen molar-refractivity contribution < 1.29 is 14.3 Å². The Kier molecular flexibility index (Phi) is 5.16. The molecule has 1 aliphatic rings. The molecule has 5 heteroatoms. The van der Waals surface area contributed by atoms with Gasteiger partial charge in [0.15, 0.2) is 0 Å². The molecule has 2 amide bonds. The second-order valence-electron chi connectivity index (χ2n) is 7.40. The Morgan fingerprint density at radius 3 is 2.73 bits per heavy atom. The van der Waals surface area contributed by atoms with Gasteiger partial charge in [-0.05, 0) is 30.4 Å². The van der Waals surface area contributed by atoms with Crippen LogP contribution in [0.15, 0.2) is 22.8 Å². The van der Waals surface area contributed by atoms with E-state index in [-0.39, 0.29) is 29.5 Å². The van der Waals surface area contributed by atoms with Crippen LogP contribution >= 0.6 is 0 Å². The highest BCUT2D eigenvalue weighted by atomic mass is 16.3. The zero-order valence-corrected chi connectivity index (χ0v) is 14.0. The minimum Gasteiger partial charge on any atom is -0.467 e. The fraction of sp³-hybridized carbons (Fsp3) is 0.706. The number of furan rings is 1. The molecule has 124 valence electrons. The van der Waals surface area contributed by atoms with E-state index in [1.54, 1.807) is 18.2 Å². The number of rotatable bonds is 4. The largest absolute Gasteiger partial charge is 0.467 e. The molecule has 0 aliphatic heterocycles. The maximum atomic E-state index is 12.5. The highest BCUT2D eigenvalue weighted by Crippen LogP contribution is 2.33. The number of amides is 2. The average molecular weight is 308 g/mol. The van der Waals surface area contributed by atoms with Gasteiger partial charge in [0.1, 0.15) is 5.76 Å². The lowest BCUT2D eigenvalue weighted by Crippen LogP contribution is -2.45. The number of nitrogens with zero attached hydrogens (tertiary/aromatic N) is 1. The molecule has 0 saturated heterocycles. The number of carbonyl (C=O) groups is 1. The molecule has 3 atom stereocenters. The Balaban J connectivity index is 1.98. The minimum absolute atomic E-state index is 0.129. The zero-order chi connectivity index (χ0) is 16.3. The topological polar surface area (TPSA) is 65.7 Å². The number of nitrogens with one attached hydrogen (secondary N) is 1. The van der Waals surface area contributed by atoms with Crippen molar-refractivity contribution in [3.05, 3.63) is 24.2 Å². The molecule has 22 heavy (non-hydrogen) atoms. The van der Waals surface area contributed by atoms with Gasteiger partial charge in [0, 0.05) is 19.5 Å². The summed E-state index contributed by atoms with van der Waals surface area (Å²) in [5.74, 6) is 0.947. The van der Waals surface area contributed by atoms with E-state index >= 15 is 0 Å². The van der Waals surface area contributed by atoms with Crippen molar-refractivity contribution in [2.24, 2.45) is 11.3 Å². The van der Waals surface area contributed by atoms with Crippen molar-refractivity contribution in [2.45, 2.75) is 52.2 Å². The third-order valence-electron chi connectivity index (χ3n) is 4.44. The van der Waals surface area contributed by atoms with Crippen molar-refractivity contribution in [1.82, 2.24) is 10.2 Å². The molecule has 0 bridgehead atoms. The van der Waals surface area contributed by atoms with E-state index in [9.17, 15) is 9.90 Å². The van der Waals surface area contributed by atoms with Crippen LogP contribution in [0.4, 0.5) is 4.79 Å². The molecule has 1 fully saturated rings. The standard InChI is InChI=1S/C17H28N2O3/c1-17(2,3)15(14-9-6-10-22-14)18-16(21)19(4)11-12-7-5-8-13(12)20/h6,9-10,12-13,15,20H,5,7-8,11H2,1-4H3,(H,18,21). The van der Waals surface area contributed by atoms with Crippen LogP contribution in [0.5, 0.6) is 0 Å². The summed E-state index contributed by atoms with van der Waals surface area (Å²) in [6.45, 7) is 6.80. The summed E-state index contributed by atoms with van der Waals surface area (Å²) in [5.41, 5.74) is -0.152. The molecule has 5 nitrogen and oxygen atoms in total. The van der Waals surface area contributed by atoms with Crippen LogP contribution in [-0.4, -0.2) is 35.7 Å². The van der Waals surface area contributed by atoms with Crippen LogP contribution < -0.4 is 5.32 Å². The second kappa shape index (κ2) is 6.73. The molecule has 0 radical (unpaired) electrons. The van der Waals surface area contributed by atoms with Gasteiger partial charge in [-0.1, -0.05) is 27.2 Å². The van der Waals surface area contributed by atoms with E-state index in [1.165, 1.54) is 0 Å². The summed E-state index contributed by atoms with van der Waals surface area (Å²) in [5, 5.41) is 13.0. The van der Waals surface area contributed by atoms with Gasteiger partial charge in [0.05, 0.1) is 18.4 Å². The zero-order valence-electron chi connectivity index (χ0n) is 14.0. The SMILES string of the molecule is CN(CC1CCCC1O)C(=O)NC(c1ccco1)C(C)(C)C. The predicted octanol–water partition coefficient (Wildman–Crippen LogP) is 3.17. The summed E-state index contributed by atoms with van der Waals surface area (Å²) in [6, 6.07) is 3.40. The Morgan fingerprint density at radius 2 is 2.23 bits per heavy atom. The first kappa shape index (κ1) is 16.9. The molecule has 1 heterocycles. The van der Waals surface area contributed by atoms with Gasteiger partial charge in [-0.3, -0.25) is 0 Å². The number of hydrogen-bond donors (Lipinski definition) is 2. The summed E-state index contributed by atoms with van der Waals surface area (Å²) in [7, 11) is 1.78. The molecular formula is C17H28N2O3. The van der Waals surface area contributed by atoms with Crippen LogP contribution in [0, 0.1) is 11.3 Å². The summed E-state index contributed by atoms with van der Waals surface area (Å²) in [4.78, 5) is 14.1. The van der Waals surface area contributed by atoms with Crippen LogP contribution in [0.25, 0.3) is 0 Å². The van der Waals surface area contributed by atoms with Crippen molar-refractivity contribution in [1.29, 1.82) is 0 Å². The maximum absolute atomic E-state index is 12.5. The molecule has 1 saturated carbocycles. The molecule has 1 aromatic rings. The van der Waals surface area contributed by atoms with Crippen LogP contribution in [-0.2, 0) is 0 Å². The number of urea groups is 1. The summed E-state index contributed by atoms with van der Waals surface area (Å²) < 4.78 is 5.48. The molecule has 2 rings (SSSR count). The van der Waals surface area contributed by atoms with Crippen molar-refractivity contribution in [3.63, 3.8) is 0 Å². The molecule has 1 aromatic heterocycles. The number of aliphatic hydroxyl groups excluding tert-OH is 1. The van der Waals surface area contributed by atoms with Gasteiger partial charge in [-0.15, -0.1) is 0 Å². The van der Waals surface area contributed by atoms with Crippen LogP contribution in [0.3, 0.4) is 0 Å². The van der Waals surface area contributed by atoms with Gasteiger partial charge in [-0.25, -0.2) is 4.79 Å². The normalized spacial score (nSPS) is 23.3. The Morgan fingerprint density at radius 1 is 1.50 bits per heavy atom. The average Bonchev–Trinajstić information content (AvgIpc) is 3.07. The second-order valence-corrected chi connectivity index (χ2v) is 7.40. The van der Waals surface area contributed by atoms with Gasteiger partial charge in [-0.2, -0.15) is 0 Å². The highest BCUT2D eigenvalue weighted by molar-refractivity contribution is 5.74. The number of hydrogen-bond acceptors (Lipinski definition) is 3. The van der Waals surface area contributed by atoms with E-state index in [1.807, 2.05) is 12.1 Å². The molecular weight excluding hydrogens is 280 g/mol. The predicted molar refractivity (Wildman–Crippen MR) is 85.4 cm³/mol. The third kappa shape index (κ3) is 4.03. The first-order valence-corrected chi connectivity index (χ1v) is 8.02. The Bertz CT molecular complexity index is 479. The Hall–Kier alpha value is -1.49. The smallest absolute Gasteiger partial charge is 0.317 e. The lowest BCUT2D eigenvalue weighted by Gasteiger charge is -2.32. The van der Waals surface area contributed by atoms with E-state index in [4.69, 9.17) is 4.42 Å². The fourth-order valence-corrected chi connectivity index (χ4v) is 3.07. The number of aliphatic hydroxyl groups is 1. The van der Waals surface area contributed by atoms with Gasteiger partial charge >= 0.3 is 6.03 Å². The van der Waals surface area contributed by atoms with E-state index < -0.39 is 0 Å². The number of carbonyl (C=O) groups excluding carboxylic acids is 1. The maximum Gasteiger partial charge on any atom is 0.317 e. The van der Waals surface area contributed by atoms with E-state index in [0.29, 0.717) is 6.54 Å². The molecule has 0 aromatic carbocycles. The summed E-state index contributed by atoms with van der Waals surface area (Å²) in [6.07, 6.45) is 4.22. The fourth-order valence-electron chi connectivity index (χ4n) is 3.07. The van der Waals surface area contributed by atoms with Crippen molar-refractivity contribution in [3.8, 4) is 0 Å². The van der Waals surface area contributed by atoms with Gasteiger partial charge in [0.25, 0.3) is 0 Å². The summed E-state index contributed by atoms with van der Waals surface area (Å²) >= 11 is 0. The third-order valence-corrected chi connectivity index (χ3v) is 4.44. The van der Waals surface area contributed by atoms with Gasteiger partial charge in [0.2, 0.25) is 0 Å².